The molecule has 5 rings (SSSR count). The van der Waals surface area contributed by atoms with E-state index in [0.29, 0.717) is 60.1 Å². The van der Waals surface area contributed by atoms with E-state index in [1.54, 1.807) is 12.7 Å². The fourth-order valence-corrected chi connectivity index (χ4v) is 4.33. The van der Waals surface area contributed by atoms with Crippen molar-refractivity contribution in [2.24, 2.45) is 0 Å². The van der Waals surface area contributed by atoms with Crippen LogP contribution in [-0.4, -0.2) is 52.3 Å². The Morgan fingerprint density at radius 2 is 1.13 bits per heavy atom. The zero-order chi connectivity index (χ0) is 26.5. The van der Waals surface area contributed by atoms with Gasteiger partial charge in [-0.2, -0.15) is 9.97 Å². The lowest BCUT2D eigenvalue weighted by Gasteiger charge is -2.07. The SMILES string of the molecule is Clc1nc(Cl)c2ncn(C/C=C/COc3cccc(OC/C=C/Cn4cnc5c(Cl)nc(Cl)nc54)c3)c2n1. The van der Waals surface area contributed by atoms with Gasteiger partial charge < -0.3 is 18.6 Å². The van der Waals surface area contributed by atoms with Crippen molar-refractivity contribution >= 4 is 68.7 Å². The van der Waals surface area contributed by atoms with Crippen LogP contribution in [0.1, 0.15) is 0 Å². The molecule has 4 heterocycles. The number of fused-ring (bicyclic) bond motifs is 2. The summed E-state index contributed by atoms with van der Waals surface area (Å²) in [4.78, 5) is 24.6. The van der Waals surface area contributed by atoms with Crippen molar-refractivity contribution < 1.29 is 9.47 Å². The fourth-order valence-electron chi connectivity index (χ4n) is 3.49. The molecule has 0 saturated heterocycles. The van der Waals surface area contributed by atoms with Crippen LogP contribution in [-0.2, 0) is 13.1 Å². The molecule has 38 heavy (non-hydrogen) atoms. The van der Waals surface area contributed by atoms with Gasteiger partial charge in [-0.15, -0.1) is 0 Å². The molecule has 1 aromatic carbocycles. The van der Waals surface area contributed by atoms with Crippen molar-refractivity contribution in [3.63, 3.8) is 0 Å². The van der Waals surface area contributed by atoms with Gasteiger partial charge in [-0.05, 0) is 47.5 Å². The third-order valence-electron chi connectivity index (χ3n) is 5.22. The first kappa shape index (κ1) is 26.2. The number of hydrogen-bond acceptors (Lipinski definition) is 8. The van der Waals surface area contributed by atoms with Crippen LogP contribution in [0.4, 0.5) is 0 Å². The average Bonchev–Trinajstić information content (AvgIpc) is 3.48. The van der Waals surface area contributed by atoms with E-state index in [1.807, 2.05) is 57.7 Å². The van der Waals surface area contributed by atoms with E-state index in [2.05, 4.69) is 29.9 Å². The number of hydrogen-bond donors (Lipinski definition) is 0. The van der Waals surface area contributed by atoms with Crippen LogP contribution < -0.4 is 9.47 Å². The van der Waals surface area contributed by atoms with E-state index < -0.39 is 0 Å². The summed E-state index contributed by atoms with van der Waals surface area (Å²) in [5.41, 5.74) is 2.15. The second-order valence-corrected chi connectivity index (χ2v) is 9.14. The molecule has 0 unspecified atom stereocenters. The van der Waals surface area contributed by atoms with E-state index in [9.17, 15) is 0 Å². The fraction of sp³-hybridized carbons (Fsp3) is 0.167. The lowest BCUT2D eigenvalue weighted by Crippen LogP contribution is -1.99. The van der Waals surface area contributed by atoms with Gasteiger partial charge >= 0.3 is 0 Å². The highest BCUT2D eigenvalue weighted by molar-refractivity contribution is 6.35. The second-order valence-electron chi connectivity index (χ2n) is 7.74. The maximum absolute atomic E-state index is 6.06. The molecule has 4 aromatic heterocycles. The van der Waals surface area contributed by atoms with Gasteiger partial charge in [-0.1, -0.05) is 41.4 Å². The summed E-state index contributed by atoms with van der Waals surface area (Å²) in [5.74, 6) is 1.38. The number of halogens is 4. The number of benzene rings is 1. The number of rotatable bonds is 10. The van der Waals surface area contributed by atoms with E-state index >= 15 is 0 Å². The van der Waals surface area contributed by atoms with E-state index in [-0.39, 0.29) is 20.9 Å². The third-order valence-corrected chi connectivity index (χ3v) is 6.09. The number of ether oxygens (including phenoxy) is 2. The lowest BCUT2D eigenvalue weighted by molar-refractivity contribution is 0.344. The van der Waals surface area contributed by atoms with E-state index in [0.717, 1.165) is 0 Å². The minimum atomic E-state index is 0.0757. The molecule has 0 saturated carbocycles. The van der Waals surface area contributed by atoms with Crippen molar-refractivity contribution in [1.82, 2.24) is 39.0 Å². The predicted octanol–water partition coefficient (Wildman–Crippen LogP) is 5.85. The van der Waals surface area contributed by atoms with Gasteiger partial charge in [-0.3, -0.25) is 0 Å². The number of allylic oxidation sites excluding steroid dienone is 2. The van der Waals surface area contributed by atoms with Gasteiger partial charge in [0, 0.05) is 19.2 Å². The maximum Gasteiger partial charge on any atom is 0.225 e. The predicted molar refractivity (Wildman–Crippen MR) is 146 cm³/mol. The topological polar surface area (TPSA) is 106 Å². The number of imidazole rings is 2. The first-order valence-corrected chi connectivity index (χ1v) is 12.7. The van der Waals surface area contributed by atoms with Crippen LogP contribution >= 0.6 is 46.4 Å². The number of aromatic nitrogens is 8. The Morgan fingerprint density at radius 3 is 1.61 bits per heavy atom. The molecule has 10 nitrogen and oxygen atoms in total. The van der Waals surface area contributed by atoms with Crippen molar-refractivity contribution in [3.05, 3.63) is 82.1 Å². The molecule has 0 radical (unpaired) electrons. The molecular weight excluding hydrogens is 574 g/mol. The zero-order valence-electron chi connectivity index (χ0n) is 19.5. The zero-order valence-corrected chi connectivity index (χ0v) is 22.5. The van der Waals surface area contributed by atoms with Crippen LogP contribution in [0.25, 0.3) is 22.3 Å². The minimum Gasteiger partial charge on any atom is -0.489 e. The van der Waals surface area contributed by atoms with Crippen molar-refractivity contribution in [1.29, 1.82) is 0 Å². The molecule has 14 heteroatoms. The molecule has 5 aromatic rings. The molecule has 0 N–H and O–H groups in total. The molecule has 0 amide bonds. The van der Waals surface area contributed by atoms with Gasteiger partial charge in [0.25, 0.3) is 0 Å². The van der Waals surface area contributed by atoms with Gasteiger partial charge in [-0.25, -0.2) is 19.9 Å². The van der Waals surface area contributed by atoms with Crippen molar-refractivity contribution in [2.75, 3.05) is 13.2 Å². The summed E-state index contributed by atoms with van der Waals surface area (Å²) in [6.07, 6.45) is 11.0. The Bertz CT molecular complexity index is 1530. The van der Waals surface area contributed by atoms with Crippen LogP contribution in [0.5, 0.6) is 11.5 Å². The Hall–Kier alpha value is -3.44. The average molecular weight is 592 g/mol. The van der Waals surface area contributed by atoms with E-state index in [4.69, 9.17) is 55.9 Å². The standard InChI is InChI=1S/C24H18Cl4N8O2/c25-19-17-21(33-23(27)31-19)35(13-29-17)8-1-3-10-37-15-6-5-7-16(12-15)38-11-4-2-9-36-14-30-18-20(26)32-24(28)34-22(18)36/h1-7,12-14H,8-11H2/b3-1+,4-2+. The van der Waals surface area contributed by atoms with Crippen molar-refractivity contribution in [2.45, 2.75) is 13.1 Å². The van der Waals surface area contributed by atoms with Crippen LogP contribution in [0, 0.1) is 0 Å². The Morgan fingerprint density at radius 1 is 0.658 bits per heavy atom. The number of nitrogens with zero attached hydrogens (tertiary/aromatic N) is 8. The first-order chi connectivity index (χ1) is 18.5. The van der Waals surface area contributed by atoms with Crippen molar-refractivity contribution in [3.8, 4) is 11.5 Å². The monoisotopic (exact) mass is 590 g/mol. The molecule has 0 aliphatic heterocycles. The van der Waals surface area contributed by atoms with Crippen LogP contribution in [0.15, 0.2) is 61.2 Å². The Kier molecular flexibility index (Phi) is 8.23. The third kappa shape index (κ3) is 6.16. The highest BCUT2D eigenvalue weighted by Gasteiger charge is 2.11. The van der Waals surface area contributed by atoms with Gasteiger partial charge in [0.1, 0.15) is 35.7 Å². The second kappa shape index (κ2) is 12.0. The van der Waals surface area contributed by atoms with Crippen LogP contribution in [0.3, 0.4) is 0 Å². The smallest absolute Gasteiger partial charge is 0.225 e. The highest BCUT2D eigenvalue weighted by atomic mass is 35.5. The Labute approximate surface area is 236 Å². The maximum atomic E-state index is 6.06. The molecule has 0 aliphatic rings. The molecule has 0 spiro atoms. The summed E-state index contributed by atoms with van der Waals surface area (Å²) in [5, 5.41) is 0.598. The quantitative estimate of drug-likeness (QED) is 0.113. The largest absolute Gasteiger partial charge is 0.489 e. The normalized spacial score (nSPS) is 11.9. The summed E-state index contributed by atoms with van der Waals surface area (Å²) < 4.78 is 15.3. The highest BCUT2D eigenvalue weighted by Crippen LogP contribution is 2.22. The molecule has 0 bridgehead atoms. The molecule has 0 atom stereocenters. The summed E-state index contributed by atoms with van der Waals surface area (Å²) in [7, 11) is 0. The summed E-state index contributed by atoms with van der Waals surface area (Å²) in [6.45, 7) is 1.81. The first-order valence-electron chi connectivity index (χ1n) is 11.2. The van der Waals surface area contributed by atoms with E-state index in [1.165, 1.54) is 0 Å². The van der Waals surface area contributed by atoms with Gasteiger partial charge in [0.15, 0.2) is 21.6 Å². The van der Waals surface area contributed by atoms with Gasteiger partial charge in [0.2, 0.25) is 10.6 Å². The molecule has 194 valence electrons. The summed E-state index contributed by atoms with van der Waals surface area (Å²) in [6, 6.07) is 7.43. The molecule has 0 fully saturated rings. The minimum absolute atomic E-state index is 0.0757. The summed E-state index contributed by atoms with van der Waals surface area (Å²) >= 11 is 23.9. The lowest BCUT2D eigenvalue weighted by atomic mass is 10.3. The Balaban J connectivity index is 1.09. The van der Waals surface area contributed by atoms with Crippen LogP contribution in [0.2, 0.25) is 20.9 Å². The molecule has 0 aliphatic carbocycles. The van der Waals surface area contributed by atoms with Gasteiger partial charge in [0.05, 0.1) is 12.7 Å². The molecular formula is C24H18Cl4N8O2.